The summed E-state index contributed by atoms with van der Waals surface area (Å²) in [5.41, 5.74) is -2.27. The smallest absolute Gasteiger partial charge is 0.371 e. The van der Waals surface area contributed by atoms with Crippen molar-refractivity contribution in [1.29, 1.82) is 0 Å². The van der Waals surface area contributed by atoms with Gasteiger partial charge >= 0.3 is 12.4 Å². The van der Waals surface area contributed by atoms with E-state index >= 15 is 0 Å². The van der Waals surface area contributed by atoms with E-state index in [0.29, 0.717) is 30.7 Å². The second-order valence-electron chi connectivity index (χ2n) is 7.96. The van der Waals surface area contributed by atoms with Gasteiger partial charge in [0.2, 0.25) is 0 Å². The number of piperidine rings is 1. The van der Waals surface area contributed by atoms with E-state index in [-0.39, 0.29) is 0 Å². The Morgan fingerprint density at radius 2 is 1.63 bits per heavy atom. The first kappa shape index (κ1) is 21.2. The van der Waals surface area contributed by atoms with E-state index in [9.17, 15) is 26.3 Å². The zero-order valence-electron chi connectivity index (χ0n) is 16.0. The van der Waals surface area contributed by atoms with Crippen molar-refractivity contribution in [3.63, 3.8) is 0 Å². The Bertz CT molecular complexity index is 895. The van der Waals surface area contributed by atoms with Crippen molar-refractivity contribution >= 4 is 0 Å². The Hall–Kier alpha value is -2.06. The second kappa shape index (κ2) is 7.57. The molecule has 4 rings (SSSR count). The molecule has 2 aromatic rings. The fourth-order valence-electron chi connectivity index (χ4n) is 4.71. The third kappa shape index (κ3) is 3.95. The Kier molecular flexibility index (Phi) is 5.34. The van der Waals surface area contributed by atoms with Crippen molar-refractivity contribution in [2.24, 2.45) is 0 Å². The summed E-state index contributed by atoms with van der Waals surface area (Å²) in [4.78, 5) is 0. The molecule has 30 heavy (non-hydrogen) atoms. The van der Waals surface area contributed by atoms with Crippen LogP contribution in [-0.4, -0.2) is 12.1 Å². The van der Waals surface area contributed by atoms with Gasteiger partial charge < -0.3 is 10.1 Å². The van der Waals surface area contributed by atoms with Gasteiger partial charge in [0.15, 0.2) is 0 Å². The SMILES string of the molecule is FC(F)(F)c1ccc(C(F)(F)F)c(CO[C@@H]2CC[C@H]3CC[C@]2(c2ccccc2)N3)c1. The van der Waals surface area contributed by atoms with E-state index in [1.165, 1.54) is 0 Å². The Morgan fingerprint density at radius 1 is 0.900 bits per heavy atom. The molecule has 2 bridgehead atoms. The van der Waals surface area contributed by atoms with Crippen molar-refractivity contribution in [2.45, 2.75) is 62.3 Å². The Labute approximate surface area is 170 Å². The van der Waals surface area contributed by atoms with Crippen molar-refractivity contribution in [3.05, 3.63) is 70.8 Å². The molecule has 162 valence electrons. The van der Waals surface area contributed by atoms with Crippen LogP contribution in [0.1, 0.15) is 47.9 Å². The lowest BCUT2D eigenvalue weighted by Crippen LogP contribution is -2.54. The Balaban J connectivity index is 1.63. The van der Waals surface area contributed by atoms with Crippen molar-refractivity contribution in [3.8, 4) is 0 Å². The maximum atomic E-state index is 13.4. The number of nitrogens with one attached hydrogen (secondary N) is 1. The summed E-state index contributed by atoms with van der Waals surface area (Å²) in [7, 11) is 0. The zero-order chi connectivity index (χ0) is 21.6. The molecule has 0 saturated carbocycles. The topological polar surface area (TPSA) is 21.3 Å². The molecule has 2 fully saturated rings. The summed E-state index contributed by atoms with van der Waals surface area (Å²) in [6.07, 6.45) is -6.79. The summed E-state index contributed by atoms with van der Waals surface area (Å²) in [5.74, 6) is 0. The molecule has 2 aliphatic rings. The molecule has 2 aromatic carbocycles. The molecule has 0 unspecified atom stereocenters. The lowest BCUT2D eigenvalue weighted by molar-refractivity contribution is -0.143. The number of halogens is 6. The highest BCUT2D eigenvalue weighted by Gasteiger charge is 2.50. The summed E-state index contributed by atoms with van der Waals surface area (Å²) in [5, 5.41) is 3.56. The fourth-order valence-corrected chi connectivity index (χ4v) is 4.71. The van der Waals surface area contributed by atoms with Gasteiger partial charge in [0.25, 0.3) is 0 Å². The van der Waals surface area contributed by atoms with Gasteiger partial charge in [-0.25, -0.2) is 0 Å². The predicted octanol–water partition coefficient (Wildman–Crippen LogP) is 6.05. The van der Waals surface area contributed by atoms with E-state index in [0.717, 1.165) is 24.8 Å². The van der Waals surface area contributed by atoms with Crippen LogP contribution in [0.2, 0.25) is 0 Å². The molecule has 0 spiro atoms. The third-order valence-corrected chi connectivity index (χ3v) is 6.14. The van der Waals surface area contributed by atoms with Crippen LogP contribution in [0.4, 0.5) is 26.3 Å². The highest BCUT2D eigenvalue weighted by molar-refractivity contribution is 5.35. The summed E-state index contributed by atoms with van der Waals surface area (Å²) < 4.78 is 85.3. The van der Waals surface area contributed by atoms with Crippen molar-refractivity contribution in [2.75, 3.05) is 0 Å². The van der Waals surface area contributed by atoms with E-state index < -0.39 is 47.3 Å². The van der Waals surface area contributed by atoms with Crippen LogP contribution < -0.4 is 5.32 Å². The van der Waals surface area contributed by atoms with Crippen LogP contribution in [-0.2, 0) is 29.2 Å². The van der Waals surface area contributed by atoms with Gasteiger partial charge in [-0.3, -0.25) is 0 Å². The zero-order valence-corrected chi connectivity index (χ0v) is 16.0. The maximum absolute atomic E-state index is 13.4. The number of fused-ring (bicyclic) bond motifs is 2. The molecule has 2 aliphatic heterocycles. The standard InChI is InChI=1S/C22H21F6NO/c23-21(24,25)16-6-8-18(22(26,27)28)14(12-16)13-30-19-9-7-17-10-11-20(19,29-17)15-4-2-1-3-5-15/h1-6,8,12,17,19,29H,7,9-11,13H2/t17-,19+,20+/m0/s1. The first-order valence-corrected chi connectivity index (χ1v) is 9.82. The van der Waals surface area contributed by atoms with E-state index in [1.54, 1.807) is 0 Å². The normalized spacial score (nSPS) is 26.7. The van der Waals surface area contributed by atoms with Gasteiger partial charge in [-0.2, -0.15) is 26.3 Å². The fraction of sp³-hybridized carbons (Fsp3) is 0.455. The lowest BCUT2D eigenvalue weighted by atomic mass is 9.80. The van der Waals surface area contributed by atoms with Gasteiger partial charge in [0.1, 0.15) is 0 Å². The average molecular weight is 429 g/mol. The Morgan fingerprint density at radius 3 is 2.30 bits per heavy atom. The monoisotopic (exact) mass is 429 g/mol. The first-order valence-electron chi connectivity index (χ1n) is 9.82. The van der Waals surface area contributed by atoms with Gasteiger partial charge in [-0.15, -0.1) is 0 Å². The molecular weight excluding hydrogens is 408 g/mol. The number of rotatable bonds is 4. The van der Waals surface area contributed by atoms with Gasteiger partial charge in [-0.1, -0.05) is 30.3 Å². The van der Waals surface area contributed by atoms with Gasteiger partial charge in [0, 0.05) is 6.04 Å². The number of ether oxygens (including phenoxy) is 1. The molecule has 1 N–H and O–H groups in total. The molecule has 0 aliphatic carbocycles. The average Bonchev–Trinajstić information content (AvgIpc) is 3.05. The van der Waals surface area contributed by atoms with Gasteiger partial charge in [0.05, 0.1) is 29.4 Å². The molecule has 3 atom stereocenters. The summed E-state index contributed by atoms with van der Waals surface area (Å²) in [6.45, 7) is -0.537. The lowest BCUT2D eigenvalue weighted by Gasteiger charge is -2.42. The minimum atomic E-state index is -4.76. The second-order valence-corrected chi connectivity index (χ2v) is 7.96. The molecule has 0 amide bonds. The van der Waals surface area contributed by atoms with Crippen LogP contribution in [0.15, 0.2) is 48.5 Å². The molecule has 0 radical (unpaired) electrons. The largest absolute Gasteiger partial charge is 0.416 e. The van der Waals surface area contributed by atoms with Crippen LogP contribution in [0.5, 0.6) is 0 Å². The number of hydrogen-bond donors (Lipinski definition) is 1. The first-order chi connectivity index (χ1) is 14.1. The third-order valence-electron chi connectivity index (χ3n) is 6.14. The minimum absolute atomic E-state index is 0.310. The van der Waals surface area contributed by atoms with E-state index in [2.05, 4.69) is 5.32 Å². The molecule has 0 aromatic heterocycles. The quantitative estimate of drug-likeness (QED) is 0.598. The van der Waals surface area contributed by atoms with Crippen LogP contribution in [0.25, 0.3) is 0 Å². The van der Waals surface area contributed by atoms with Crippen molar-refractivity contribution in [1.82, 2.24) is 5.32 Å². The van der Waals surface area contributed by atoms with Crippen molar-refractivity contribution < 1.29 is 31.1 Å². The number of benzene rings is 2. The molecule has 8 heteroatoms. The molecule has 2 saturated heterocycles. The summed E-state index contributed by atoms with van der Waals surface area (Å²) >= 11 is 0. The molecule has 2 nitrogen and oxygen atoms in total. The van der Waals surface area contributed by atoms with Crippen LogP contribution in [0, 0.1) is 0 Å². The van der Waals surface area contributed by atoms with E-state index in [1.807, 2.05) is 30.3 Å². The number of hydrogen-bond acceptors (Lipinski definition) is 2. The number of alkyl halides is 6. The maximum Gasteiger partial charge on any atom is 0.416 e. The summed E-state index contributed by atoms with van der Waals surface area (Å²) in [6, 6.07) is 11.4. The molecule has 2 heterocycles. The molecular formula is C22H21F6NO. The highest BCUT2D eigenvalue weighted by atomic mass is 19.4. The van der Waals surface area contributed by atoms with Crippen LogP contribution >= 0.6 is 0 Å². The minimum Gasteiger partial charge on any atom is -0.371 e. The van der Waals surface area contributed by atoms with E-state index in [4.69, 9.17) is 4.74 Å². The highest BCUT2D eigenvalue weighted by Crippen LogP contribution is 2.45. The van der Waals surface area contributed by atoms with Gasteiger partial charge in [-0.05, 0) is 55.0 Å². The van der Waals surface area contributed by atoms with Crippen LogP contribution in [0.3, 0.4) is 0 Å². The predicted molar refractivity (Wildman–Crippen MR) is 98.5 cm³/mol.